The van der Waals surface area contributed by atoms with Crippen LogP contribution in [-0.2, 0) is 4.74 Å². The van der Waals surface area contributed by atoms with E-state index < -0.39 is 0 Å². The molecule has 130 valence electrons. The lowest BCUT2D eigenvalue weighted by Gasteiger charge is -2.16. The van der Waals surface area contributed by atoms with Crippen molar-refractivity contribution in [2.75, 3.05) is 12.4 Å². The Morgan fingerprint density at radius 2 is 1.54 bits per heavy atom. The van der Waals surface area contributed by atoms with Crippen LogP contribution in [0.4, 0.5) is 5.69 Å². The van der Waals surface area contributed by atoms with Crippen molar-refractivity contribution < 1.29 is 4.74 Å². The van der Waals surface area contributed by atoms with Gasteiger partial charge in [0.25, 0.3) is 0 Å². The van der Waals surface area contributed by atoms with E-state index in [2.05, 4.69) is 17.4 Å². The van der Waals surface area contributed by atoms with Crippen molar-refractivity contribution in [1.82, 2.24) is 0 Å². The van der Waals surface area contributed by atoms with Gasteiger partial charge in [-0.15, -0.1) is 0 Å². The van der Waals surface area contributed by atoms with Crippen LogP contribution in [0.5, 0.6) is 0 Å². The summed E-state index contributed by atoms with van der Waals surface area (Å²) in [6.45, 7) is 0. The third-order valence-electron chi connectivity index (χ3n) is 3.89. The van der Waals surface area contributed by atoms with E-state index in [0.717, 1.165) is 28.0 Å². The maximum Gasteiger partial charge on any atom is 0.111 e. The summed E-state index contributed by atoms with van der Waals surface area (Å²) in [6, 6.07) is 25.6. The van der Waals surface area contributed by atoms with Gasteiger partial charge in [-0.25, -0.2) is 0 Å². The summed E-state index contributed by atoms with van der Waals surface area (Å²) in [4.78, 5) is 0.638. The van der Waals surface area contributed by atoms with E-state index in [-0.39, 0.29) is 0 Å². The van der Waals surface area contributed by atoms with Gasteiger partial charge >= 0.3 is 0 Å². The highest BCUT2D eigenvalue weighted by Gasteiger charge is 2.12. The van der Waals surface area contributed by atoms with Crippen molar-refractivity contribution in [2.45, 2.75) is 0 Å². The Kier molecular flexibility index (Phi) is 6.05. The van der Waals surface area contributed by atoms with Gasteiger partial charge in [0.2, 0.25) is 0 Å². The second kappa shape index (κ2) is 8.65. The molecule has 0 amide bonds. The van der Waals surface area contributed by atoms with Gasteiger partial charge in [-0.2, -0.15) is 0 Å². The predicted octanol–water partition coefficient (Wildman–Crippen LogP) is 6.16. The number of rotatable bonds is 5. The normalized spacial score (nSPS) is 11.1. The zero-order chi connectivity index (χ0) is 18.4. The van der Waals surface area contributed by atoms with Crippen molar-refractivity contribution in [3.8, 4) is 0 Å². The lowest BCUT2D eigenvalue weighted by Crippen LogP contribution is -2.12. The minimum atomic E-state index is 0.638. The molecule has 0 saturated heterocycles. The first-order valence-electron chi connectivity index (χ1n) is 8.14. The Morgan fingerprint density at radius 3 is 2.23 bits per heavy atom. The second-order valence-corrected chi connectivity index (χ2v) is 6.48. The first kappa shape index (κ1) is 18.2. The third kappa shape index (κ3) is 4.31. The molecule has 0 aliphatic rings. The van der Waals surface area contributed by atoms with E-state index in [9.17, 15) is 0 Å². The van der Waals surface area contributed by atoms with Crippen LogP contribution in [0.15, 0.2) is 85.1 Å². The van der Waals surface area contributed by atoms with Crippen LogP contribution in [0, 0.1) is 0 Å². The highest BCUT2D eigenvalue weighted by molar-refractivity contribution is 7.81. The molecule has 0 radical (unpaired) electrons. The van der Waals surface area contributed by atoms with Gasteiger partial charge in [-0.05, 0) is 23.8 Å². The number of halogens is 1. The molecule has 3 rings (SSSR count). The van der Waals surface area contributed by atoms with Crippen LogP contribution in [0.2, 0.25) is 5.02 Å². The number of thiocarbonyl (C=S) groups is 1. The summed E-state index contributed by atoms with van der Waals surface area (Å²) in [5.74, 6) is 0. The molecule has 1 N–H and O–H groups in total. The Morgan fingerprint density at radius 1 is 0.885 bits per heavy atom. The first-order chi connectivity index (χ1) is 12.7. The fraction of sp³-hybridized carbons (Fsp3) is 0.0455. The molecule has 3 aromatic rings. The summed E-state index contributed by atoms with van der Waals surface area (Å²) < 4.78 is 5.33. The Bertz CT molecular complexity index is 920. The maximum absolute atomic E-state index is 5.96. The van der Waals surface area contributed by atoms with Crippen molar-refractivity contribution in [3.05, 3.63) is 107 Å². The summed E-state index contributed by atoms with van der Waals surface area (Å²) in [6.07, 6.45) is 1.75. The molecule has 0 atom stereocenters. The standard InChI is InChI=1S/C22H18ClNOS/c1-25-15-20(16-7-3-2-4-8-16)19-9-5-6-10-21(19)24-22(26)17-11-13-18(23)14-12-17/h2-15H,1H3,(H,24,26)/b20-15+. The smallest absolute Gasteiger partial charge is 0.111 e. The van der Waals surface area contributed by atoms with Crippen LogP contribution in [0.25, 0.3) is 5.57 Å². The van der Waals surface area contributed by atoms with Crippen LogP contribution >= 0.6 is 23.8 Å². The van der Waals surface area contributed by atoms with E-state index in [1.165, 1.54) is 0 Å². The quantitative estimate of drug-likeness (QED) is 0.423. The van der Waals surface area contributed by atoms with Crippen LogP contribution in [-0.4, -0.2) is 12.1 Å². The number of anilines is 1. The molecule has 0 heterocycles. The van der Waals surface area contributed by atoms with Gasteiger partial charge in [-0.1, -0.05) is 84.5 Å². The van der Waals surface area contributed by atoms with E-state index in [1.54, 1.807) is 13.4 Å². The molecular formula is C22H18ClNOS. The van der Waals surface area contributed by atoms with Gasteiger partial charge in [0.15, 0.2) is 0 Å². The molecule has 0 aromatic heterocycles. The monoisotopic (exact) mass is 379 g/mol. The van der Waals surface area contributed by atoms with Gasteiger partial charge in [0.05, 0.1) is 13.4 Å². The molecule has 0 fully saturated rings. The van der Waals surface area contributed by atoms with Crippen molar-refractivity contribution in [2.24, 2.45) is 0 Å². The molecule has 0 spiro atoms. The summed E-state index contributed by atoms with van der Waals surface area (Å²) >= 11 is 11.5. The van der Waals surface area contributed by atoms with Crippen LogP contribution in [0.1, 0.15) is 16.7 Å². The molecule has 26 heavy (non-hydrogen) atoms. The highest BCUT2D eigenvalue weighted by atomic mass is 35.5. The lowest BCUT2D eigenvalue weighted by molar-refractivity contribution is 0.340. The largest absolute Gasteiger partial charge is 0.504 e. The van der Waals surface area contributed by atoms with Crippen LogP contribution < -0.4 is 5.32 Å². The SMILES string of the molecule is CO/C=C(\c1ccccc1)c1ccccc1NC(=S)c1ccc(Cl)cc1. The average Bonchev–Trinajstić information content (AvgIpc) is 2.68. The number of hydrogen-bond acceptors (Lipinski definition) is 2. The van der Waals surface area contributed by atoms with Crippen molar-refractivity contribution >= 4 is 40.1 Å². The molecule has 0 saturated carbocycles. The number of methoxy groups -OCH3 is 1. The van der Waals surface area contributed by atoms with Crippen molar-refractivity contribution in [3.63, 3.8) is 0 Å². The van der Waals surface area contributed by atoms with E-state index >= 15 is 0 Å². The highest BCUT2D eigenvalue weighted by Crippen LogP contribution is 2.30. The predicted molar refractivity (Wildman–Crippen MR) is 114 cm³/mol. The molecule has 4 heteroatoms. The molecule has 0 aliphatic carbocycles. The third-order valence-corrected chi connectivity index (χ3v) is 4.48. The molecule has 0 bridgehead atoms. The van der Waals surface area contributed by atoms with Gasteiger partial charge in [0.1, 0.15) is 4.99 Å². The Balaban J connectivity index is 1.96. The van der Waals surface area contributed by atoms with E-state index in [4.69, 9.17) is 28.6 Å². The van der Waals surface area contributed by atoms with Gasteiger partial charge in [-0.3, -0.25) is 0 Å². The number of para-hydroxylation sites is 1. The lowest BCUT2D eigenvalue weighted by atomic mass is 9.97. The fourth-order valence-electron chi connectivity index (χ4n) is 2.65. The summed E-state index contributed by atoms with van der Waals surface area (Å²) in [7, 11) is 1.65. The second-order valence-electron chi connectivity index (χ2n) is 5.64. The Labute approximate surface area is 164 Å². The Hall–Kier alpha value is -2.62. The zero-order valence-corrected chi connectivity index (χ0v) is 15.8. The van der Waals surface area contributed by atoms with Gasteiger partial charge < -0.3 is 10.1 Å². The zero-order valence-electron chi connectivity index (χ0n) is 14.3. The van der Waals surface area contributed by atoms with Gasteiger partial charge in [0, 0.05) is 27.4 Å². The minimum absolute atomic E-state index is 0.638. The average molecular weight is 380 g/mol. The van der Waals surface area contributed by atoms with E-state index in [1.807, 2.05) is 66.7 Å². The number of nitrogens with one attached hydrogen (secondary N) is 1. The molecule has 2 nitrogen and oxygen atoms in total. The van der Waals surface area contributed by atoms with Crippen molar-refractivity contribution in [1.29, 1.82) is 0 Å². The number of benzene rings is 3. The maximum atomic E-state index is 5.96. The number of ether oxygens (including phenoxy) is 1. The summed E-state index contributed by atoms with van der Waals surface area (Å²) in [5, 5.41) is 4.03. The first-order valence-corrected chi connectivity index (χ1v) is 8.92. The molecule has 0 aliphatic heterocycles. The molecule has 0 unspecified atom stereocenters. The minimum Gasteiger partial charge on any atom is -0.504 e. The summed E-state index contributed by atoms with van der Waals surface area (Å²) in [5.41, 5.74) is 4.89. The van der Waals surface area contributed by atoms with Crippen LogP contribution in [0.3, 0.4) is 0 Å². The fourth-order valence-corrected chi connectivity index (χ4v) is 3.02. The topological polar surface area (TPSA) is 21.3 Å². The molecule has 3 aromatic carbocycles. The number of hydrogen-bond donors (Lipinski definition) is 1. The van der Waals surface area contributed by atoms with E-state index in [0.29, 0.717) is 10.0 Å². The molecular weight excluding hydrogens is 362 g/mol.